The van der Waals surface area contributed by atoms with Crippen molar-refractivity contribution in [1.29, 1.82) is 0 Å². The van der Waals surface area contributed by atoms with Gasteiger partial charge in [-0.15, -0.1) is 10.2 Å². The standard InChI is InChI=1S/C16H17N3O4/c1-23-14-8-7-13(17-18-14)16(22)19(11-15(20)21)10-9-12-5-3-2-4-6-12/h2-8H,9-11H2,1H3,(H,20,21). The van der Waals surface area contributed by atoms with Crippen LogP contribution >= 0.6 is 0 Å². The minimum Gasteiger partial charge on any atom is -0.480 e. The van der Waals surface area contributed by atoms with Gasteiger partial charge in [-0.1, -0.05) is 30.3 Å². The number of nitrogens with zero attached hydrogens (tertiary/aromatic N) is 3. The minimum absolute atomic E-state index is 0.0834. The molecular formula is C16H17N3O4. The molecule has 2 rings (SSSR count). The van der Waals surface area contributed by atoms with E-state index < -0.39 is 11.9 Å². The fourth-order valence-electron chi connectivity index (χ4n) is 2.03. The van der Waals surface area contributed by atoms with Crippen LogP contribution in [0.15, 0.2) is 42.5 Å². The van der Waals surface area contributed by atoms with E-state index in [1.807, 2.05) is 30.3 Å². The van der Waals surface area contributed by atoms with Crippen molar-refractivity contribution < 1.29 is 19.4 Å². The lowest BCUT2D eigenvalue weighted by atomic mass is 10.1. The molecule has 7 heteroatoms. The molecule has 0 unspecified atom stereocenters. The second-order valence-corrected chi connectivity index (χ2v) is 4.82. The normalized spacial score (nSPS) is 10.1. The van der Waals surface area contributed by atoms with Crippen molar-refractivity contribution in [2.24, 2.45) is 0 Å². The molecule has 0 saturated heterocycles. The van der Waals surface area contributed by atoms with Crippen LogP contribution in [-0.4, -0.2) is 52.3 Å². The van der Waals surface area contributed by atoms with Gasteiger partial charge < -0.3 is 14.7 Å². The van der Waals surface area contributed by atoms with Crippen LogP contribution in [0.5, 0.6) is 5.88 Å². The van der Waals surface area contributed by atoms with Crippen LogP contribution in [0.25, 0.3) is 0 Å². The summed E-state index contributed by atoms with van der Waals surface area (Å²) in [6, 6.07) is 12.5. The van der Waals surface area contributed by atoms with Gasteiger partial charge in [0.25, 0.3) is 5.91 Å². The predicted molar refractivity (Wildman–Crippen MR) is 82.3 cm³/mol. The maximum atomic E-state index is 12.4. The molecule has 2 aromatic rings. The number of rotatable bonds is 7. The first-order valence-corrected chi connectivity index (χ1v) is 7.03. The molecule has 0 aliphatic rings. The molecule has 0 atom stereocenters. The highest BCUT2D eigenvalue weighted by molar-refractivity contribution is 5.94. The molecule has 1 aromatic heterocycles. The molecule has 0 aliphatic heterocycles. The van der Waals surface area contributed by atoms with E-state index in [0.29, 0.717) is 6.42 Å². The van der Waals surface area contributed by atoms with Gasteiger partial charge in [0.05, 0.1) is 7.11 Å². The van der Waals surface area contributed by atoms with Gasteiger partial charge in [0, 0.05) is 12.6 Å². The van der Waals surface area contributed by atoms with Gasteiger partial charge in [-0.3, -0.25) is 9.59 Å². The van der Waals surface area contributed by atoms with E-state index in [2.05, 4.69) is 10.2 Å². The number of benzene rings is 1. The number of hydrogen-bond donors (Lipinski definition) is 1. The quantitative estimate of drug-likeness (QED) is 0.827. The SMILES string of the molecule is COc1ccc(C(=O)N(CCc2ccccc2)CC(=O)O)nn1. The summed E-state index contributed by atoms with van der Waals surface area (Å²) in [4.78, 5) is 24.7. The number of aliphatic carboxylic acids is 1. The van der Waals surface area contributed by atoms with E-state index in [9.17, 15) is 9.59 Å². The van der Waals surface area contributed by atoms with Gasteiger partial charge >= 0.3 is 5.97 Å². The zero-order chi connectivity index (χ0) is 16.7. The van der Waals surface area contributed by atoms with Gasteiger partial charge in [0.2, 0.25) is 5.88 Å². The third kappa shape index (κ3) is 4.77. The van der Waals surface area contributed by atoms with E-state index in [1.54, 1.807) is 0 Å². The summed E-state index contributed by atoms with van der Waals surface area (Å²) in [5, 5.41) is 16.5. The zero-order valence-electron chi connectivity index (χ0n) is 12.7. The maximum absolute atomic E-state index is 12.4. The van der Waals surface area contributed by atoms with Crippen molar-refractivity contribution in [1.82, 2.24) is 15.1 Å². The first-order chi connectivity index (χ1) is 11.1. The van der Waals surface area contributed by atoms with E-state index in [1.165, 1.54) is 24.1 Å². The summed E-state index contributed by atoms with van der Waals surface area (Å²) < 4.78 is 4.89. The van der Waals surface area contributed by atoms with Gasteiger partial charge in [-0.05, 0) is 18.1 Å². The molecule has 1 aromatic carbocycles. The van der Waals surface area contributed by atoms with Crippen LogP contribution < -0.4 is 4.74 Å². The molecule has 1 amide bonds. The Morgan fingerprint density at radius 1 is 1.13 bits per heavy atom. The third-order valence-corrected chi connectivity index (χ3v) is 3.19. The lowest BCUT2D eigenvalue weighted by Crippen LogP contribution is -2.37. The van der Waals surface area contributed by atoms with Crippen molar-refractivity contribution >= 4 is 11.9 Å². The summed E-state index contributed by atoms with van der Waals surface area (Å²) in [6.07, 6.45) is 0.559. The Kier molecular flexibility index (Phi) is 5.62. The van der Waals surface area contributed by atoms with Gasteiger partial charge in [-0.2, -0.15) is 0 Å². The topological polar surface area (TPSA) is 92.6 Å². The molecular weight excluding hydrogens is 298 g/mol. The molecule has 0 aliphatic carbocycles. The Morgan fingerprint density at radius 2 is 1.87 bits per heavy atom. The Bertz CT molecular complexity index is 659. The molecule has 0 radical (unpaired) electrons. The summed E-state index contributed by atoms with van der Waals surface area (Å²) in [7, 11) is 1.45. The average Bonchev–Trinajstić information content (AvgIpc) is 2.58. The van der Waals surface area contributed by atoms with E-state index >= 15 is 0 Å². The second-order valence-electron chi connectivity index (χ2n) is 4.82. The van der Waals surface area contributed by atoms with Crippen LogP contribution in [0.1, 0.15) is 16.1 Å². The second kappa shape index (κ2) is 7.88. The van der Waals surface area contributed by atoms with Crippen LogP contribution in [0, 0.1) is 0 Å². The number of amides is 1. The van der Waals surface area contributed by atoms with Crippen LogP contribution in [0.4, 0.5) is 0 Å². The monoisotopic (exact) mass is 315 g/mol. The number of carbonyl (C=O) groups is 2. The molecule has 1 N–H and O–H groups in total. The first kappa shape index (κ1) is 16.4. The number of ether oxygens (including phenoxy) is 1. The highest BCUT2D eigenvalue weighted by Gasteiger charge is 2.20. The molecule has 23 heavy (non-hydrogen) atoms. The minimum atomic E-state index is -1.08. The largest absolute Gasteiger partial charge is 0.480 e. The fraction of sp³-hybridized carbons (Fsp3) is 0.250. The first-order valence-electron chi connectivity index (χ1n) is 7.03. The summed E-state index contributed by atoms with van der Waals surface area (Å²) in [5.41, 5.74) is 1.11. The van der Waals surface area contributed by atoms with Crippen LogP contribution in [0.2, 0.25) is 0 Å². The Hall–Kier alpha value is -2.96. The number of carbonyl (C=O) groups excluding carboxylic acids is 1. The molecule has 0 spiro atoms. The molecule has 0 saturated carbocycles. The molecule has 0 fully saturated rings. The number of methoxy groups -OCH3 is 1. The highest BCUT2D eigenvalue weighted by Crippen LogP contribution is 2.08. The smallest absolute Gasteiger partial charge is 0.323 e. The van der Waals surface area contributed by atoms with Crippen molar-refractivity contribution in [3.05, 3.63) is 53.7 Å². The Labute approximate surface area is 133 Å². The van der Waals surface area contributed by atoms with Crippen LogP contribution in [0.3, 0.4) is 0 Å². The highest BCUT2D eigenvalue weighted by atomic mass is 16.5. The number of carboxylic acid groups (broad SMARTS) is 1. The van der Waals surface area contributed by atoms with Crippen molar-refractivity contribution in [2.75, 3.05) is 20.2 Å². The summed E-state index contributed by atoms with van der Waals surface area (Å²) in [5.74, 6) is -1.26. The number of aromatic nitrogens is 2. The van der Waals surface area contributed by atoms with Crippen molar-refractivity contribution in [3.8, 4) is 5.88 Å². The van der Waals surface area contributed by atoms with Crippen LogP contribution in [-0.2, 0) is 11.2 Å². The van der Waals surface area contributed by atoms with E-state index in [4.69, 9.17) is 9.84 Å². The Balaban J connectivity index is 2.09. The number of hydrogen-bond acceptors (Lipinski definition) is 5. The van der Waals surface area contributed by atoms with Crippen molar-refractivity contribution in [3.63, 3.8) is 0 Å². The average molecular weight is 315 g/mol. The third-order valence-electron chi connectivity index (χ3n) is 3.19. The molecule has 7 nitrogen and oxygen atoms in total. The van der Waals surface area contributed by atoms with Gasteiger partial charge in [0.1, 0.15) is 6.54 Å². The van der Waals surface area contributed by atoms with Gasteiger partial charge in [-0.25, -0.2) is 0 Å². The van der Waals surface area contributed by atoms with E-state index in [0.717, 1.165) is 5.56 Å². The van der Waals surface area contributed by atoms with Crippen molar-refractivity contribution in [2.45, 2.75) is 6.42 Å². The fourth-order valence-corrected chi connectivity index (χ4v) is 2.03. The lowest BCUT2D eigenvalue weighted by molar-refractivity contribution is -0.137. The molecule has 1 heterocycles. The zero-order valence-corrected chi connectivity index (χ0v) is 12.7. The summed E-state index contributed by atoms with van der Waals surface area (Å²) in [6.45, 7) is -0.109. The number of carboxylic acids is 1. The Morgan fingerprint density at radius 3 is 2.43 bits per heavy atom. The summed E-state index contributed by atoms with van der Waals surface area (Å²) >= 11 is 0. The van der Waals surface area contributed by atoms with Gasteiger partial charge in [0.15, 0.2) is 5.69 Å². The predicted octanol–water partition coefficient (Wildman–Crippen LogP) is 1.25. The molecule has 120 valence electrons. The molecule has 0 bridgehead atoms. The lowest BCUT2D eigenvalue weighted by Gasteiger charge is -2.20. The maximum Gasteiger partial charge on any atom is 0.323 e. The van der Waals surface area contributed by atoms with E-state index in [-0.39, 0.29) is 24.7 Å².